The van der Waals surface area contributed by atoms with E-state index in [1.807, 2.05) is 23.1 Å². The van der Waals surface area contributed by atoms with Crippen LogP contribution in [0.2, 0.25) is 0 Å². The SMILES string of the molecule is CC(C)(CC1CN=C(N2CCCC2C(=O)Cc2ccc(NC(=O)Nc3ccccc3)nc2)O1)C(=O)O. The maximum atomic E-state index is 13.1. The molecule has 36 heavy (non-hydrogen) atoms. The minimum absolute atomic E-state index is 0.0393. The lowest BCUT2D eigenvalue weighted by molar-refractivity contribution is -0.148. The van der Waals surface area contributed by atoms with Crippen LogP contribution in [0.15, 0.2) is 53.7 Å². The van der Waals surface area contributed by atoms with Gasteiger partial charge in [-0.1, -0.05) is 24.3 Å². The summed E-state index contributed by atoms with van der Waals surface area (Å²) in [5, 5.41) is 14.8. The van der Waals surface area contributed by atoms with Gasteiger partial charge in [0.2, 0.25) is 0 Å². The largest absolute Gasteiger partial charge is 0.481 e. The predicted octanol–water partition coefficient (Wildman–Crippen LogP) is 3.56. The Morgan fingerprint density at radius 3 is 2.61 bits per heavy atom. The average molecular weight is 494 g/mol. The van der Waals surface area contributed by atoms with E-state index in [0.29, 0.717) is 43.5 Å². The highest BCUT2D eigenvalue weighted by molar-refractivity contribution is 5.99. The van der Waals surface area contributed by atoms with Crippen LogP contribution in [0.4, 0.5) is 16.3 Å². The molecule has 0 saturated carbocycles. The standard InChI is InChI=1S/C26H31N5O5/c1-26(2,23(33)34)14-19-16-28-25(36-19)31-12-6-9-20(31)21(32)13-17-10-11-22(27-15-17)30-24(35)29-18-7-4-3-5-8-18/h3-5,7-8,10-11,15,19-20H,6,9,12-14,16H2,1-2H3,(H,33,34)(H2,27,29,30,35). The summed E-state index contributed by atoms with van der Waals surface area (Å²) >= 11 is 0. The number of aliphatic imine (C=N–C) groups is 1. The van der Waals surface area contributed by atoms with E-state index < -0.39 is 17.4 Å². The third-order valence-corrected chi connectivity index (χ3v) is 6.37. The highest BCUT2D eigenvalue weighted by Crippen LogP contribution is 2.29. The zero-order valence-corrected chi connectivity index (χ0v) is 20.4. The van der Waals surface area contributed by atoms with Crippen molar-refractivity contribution < 1.29 is 24.2 Å². The molecule has 190 valence electrons. The smallest absolute Gasteiger partial charge is 0.324 e. The molecule has 2 aromatic rings. The highest BCUT2D eigenvalue weighted by Gasteiger charge is 2.39. The number of benzene rings is 1. The van der Waals surface area contributed by atoms with E-state index in [2.05, 4.69) is 20.6 Å². The quantitative estimate of drug-likeness (QED) is 0.512. The zero-order valence-electron chi connectivity index (χ0n) is 20.4. The molecule has 3 N–H and O–H groups in total. The molecule has 0 spiro atoms. The number of nitrogens with one attached hydrogen (secondary N) is 2. The lowest BCUT2D eigenvalue weighted by Crippen LogP contribution is -2.42. The number of rotatable bonds is 8. The number of anilines is 2. The average Bonchev–Trinajstić information content (AvgIpc) is 3.50. The van der Waals surface area contributed by atoms with Gasteiger partial charge in [0.15, 0.2) is 5.78 Å². The van der Waals surface area contributed by atoms with Crippen LogP contribution in [-0.4, -0.2) is 64.0 Å². The molecule has 10 heteroatoms. The molecular formula is C26H31N5O5. The zero-order chi connectivity index (χ0) is 25.7. The second-order valence-corrected chi connectivity index (χ2v) is 9.75. The lowest BCUT2D eigenvalue weighted by atomic mass is 9.87. The number of amidine groups is 1. The molecule has 1 fully saturated rings. The molecule has 2 unspecified atom stereocenters. The number of urea groups is 1. The summed E-state index contributed by atoms with van der Waals surface area (Å²) in [6.07, 6.45) is 3.37. The first-order valence-electron chi connectivity index (χ1n) is 12.0. The van der Waals surface area contributed by atoms with Crippen molar-refractivity contribution in [2.75, 3.05) is 23.7 Å². The van der Waals surface area contributed by atoms with Gasteiger partial charge in [0.05, 0.1) is 18.0 Å². The van der Waals surface area contributed by atoms with Crippen molar-refractivity contribution in [1.29, 1.82) is 0 Å². The maximum Gasteiger partial charge on any atom is 0.324 e. The second-order valence-electron chi connectivity index (χ2n) is 9.75. The number of ether oxygens (including phenoxy) is 1. The number of carboxylic acid groups (broad SMARTS) is 1. The molecule has 4 rings (SSSR count). The Hall–Kier alpha value is -3.95. The molecular weight excluding hydrogens is 462 g/mol. The van der Waals surface area contributed by atoms with Crippen molar-refractivity contribution >= 4 is 35.3 Å². The van der Waals surface area contributed by atoms with Gasteiger partial charge in [0.25, 0.3) is 6.02 Å². The third kappa shape index (κ3) is 6.18. The molecule has 2 amide bonds. The van der Waals surface area contributed by atoms with E-state index >= 15 is 0 Å². The molecule has 2 atom stereocenters. The normalized spacial score (nSPS) is 19.4. The summed E-state index contributed by atoms with van der Waals surface area (Å²) < 4.78 is 5.96. The molecule has 0 bridgehead atoms. The van der Waals surface area contributed by atoms with Gasteiger partial charge in [-0.25, -0.2) is 14.8 Å². The number of carboxylic acids is 1. The molecule has 1 saturated heterocycles. The van der Waals surface area contributed by atoms with Crippen molar-refractivity contribution in [2.45, 2.75) is 51.7 Å². The molecule has 2 aliphatic rings. The number of hydrogen-bond acceptors (Lipinski definition) is 7. The van der Waals surface area contributed by atoms with Gasteiger partial charge in [-0.05, 0) is 50.5 Å². The van der Waals surface area contributed by atoms with E-state index in [4.69, 9.17) is 4.74 Å². The highest BCUT2D eigenvalue weighted by atomic mass is 16.5. The number of ketones is 1. The minimum atomic E-state index is -0.911. The topological polar surface area (TPSA) is 133 Å². The molecule has 10 nitrogen and oxygen atoms in total. The van der Waals surface area contributed by atoms with Crippen LogP contribution in [0.3, 0.4) is 0 Å². The van der Waals surface area contributed by atoms with Gasteiger partial charge < -0.3 is 20.1 Å². The summed E-state index contributed by atoms with van der Waals surface area (Å²) in [5.41, 5.74) is 0.508. The van der Waals surface area contributed by atoms with E-state index in [-0.39, 0.29) is 24.3 Å². The first kappa shape index (κ1) is 25.2. The number of likely N-dealkylation sites (tertiary alicyclic amines) is 1. The van der Waals surface area contributed by atoms with Gasteiger partial charge in [0.1, 0.15) is 11.9 Å². The van der Waals surface area contributed by atoms with Gasteiger partial charge >= 0.3 is 12.0 Å². The van der Waals surface area contributed by atoms with Gasteiger partial charge in [-0.2, -0.15) is 0 Å². The van der Waals surface area contributed by atoms with Crippen molar-refractivity contribution in [2.24, 2.45) is 10.4 Å². The van der Waals surface area contributed by atoms with Crippen molar-refractivity contribution in [1.82, 2.24) is 9.88 Å². The third-order valence-electron chi connectivity index (χ3n) is 6.37. The predicted molar refractivity (Wildman–Crippen MR) is 135 cm³/mol. The number of amides is 2. The summed E-state index contributed by atoms with van der Waals surface area (Å²) in [6, 6.07) is 12.2. The number of aromatic nitrogens is 1. The van der Waals surface area contributed by atoms with E-state index in [9.17, 15) is 19.5 Å². The Morgan fingerprint density at radius 1 is 1.14 bits per heavy atom. The maximum absolute atomic E-state index is 13.1. The number of aliphatic carboxylic acids is 1. The summed E-state index contributed by atoms with van der Waals surface area (Å²) in [7, 11) is 0. The van der Waals surface area contributed by atoms with Crippen molar-refractivity contribution in [3.8, 4) is 0 Å². The van der Waals surface area contributed by atoms with E-state index in [1.54, 1.807) is 44.3 Å². The molecule has 0 radical (unpaired) electrons. The molecule has 0 aliphatic carbocycles. The van der Waals surface area contributed by atoms with E-state index in [0.717, 1.165) is 12.0 Å². The van der Waals surface area contributed by atoms with Crippen LogP contribution in [0.1, 0.15) is 38.7 Å². The fraction of sp³-hybridized carbons (Fsp3) is 0.423. The fourth-order valence-corrected chi connectivity index (χ4v) is 4.38. The van der Waals surface area contributed by atoms with E-state index in [1.165, 1.54) is 0 Å². The molecule has 3 heterocycles. The lowest BCUT2D eigenvalue weighted by Gasteiger charge is -2.27. The number of carbonyl (C=O) groups is 3. The Morgan fingerprint density at radius 2 is 1.92 bits per heavy atom. The number of nitrogens with zero attached hydrogens (tertiary/aromatic N) is 3. The van der Waals surface area contributed by atoms with Crippen molar-refractivity contribution in [3.05, 3.63) is 54.2 Å². The fourth-order valence-electron chi connectivity index (χ4n) is 4.38. The van der Waals surface area contributed by atoms with Crippen molar-refractivity contribution in [3.63, 3.8) is 0 Å². The summed E-state index contributed by atoms with van der Waals surface area (Å²) in [5.74, 6) is -0.455. The number of pyridine rings is 1. The first-order chi connectivity index (χ1) is 17.2. The van der Waals surface area contributed by atoms with Gasteiger partial charge in [0, 0.05) is 31.3 Å². The van der Waals surface area contributed by atoms with Gasteiger partial charge in [-0.15, -0.1) is 0 Å². The second kappa shape index (κ2) is 10.8. The van der Waals surface area contributed by atoms with Crippen LogP contribution in [0.5, 0.6) is 0 Å². The first-order valence-corrected chi connectivity index (χ1v) is 12.0. The molecule has 1 aromatic heterocycles. The molecule has 2 aliphatic heterocycles. The Labute approximate surface area is 209 Å². The number of Topliss-reactive ketones (excluding diaryl/α,β-unsaturated/α-hetero) is 1. The van der Waals surface area contributed by atoms with Crippen LogP contribution in [0.25, 0.3) is 0 Å². The van der Waals surface area contributed by atoms with Crippen LogP contribution in [0, 0.1) is 5.41 Å². The van der Waals surface area contributed by atoms with Crippen LogP contribution >= 0.6 is 0 Å². The number of para-hydroxylation sites is 1. The van der Waals surface area contributed by atoms with Crippen LogP contribution < -0.4 is 10.6 Å². The minimum Gasteiger partial charge on any atom is -0.481 e. The monoisotopic (exact) mass is 493 g/mol. The Balaban J connectivity index is 1.29. The van der Waals surface area contributed by atoms with Gasteiger partial charge in [-0.3, -0.25) is 14.9 Å². The summed E-state index contributed by atoms with van der Waals surface area (Å²) in [6.45, 7) is 4.40. The summed E-state index contributed by atoms with van der Waals surface area (Å²) in [4.78, 5) is 47.3. The Kier molecular flexibility index (Phi) is 7.52. The number of hydrogen-bond donors (Lipinski definition) is 3. The Bertz CT molecular complexity index is 1130. The number of carbonyl (C=O) groups excluding carboxylic acids is 2. The molecule has 1 aromatic carbocycles. The van der Waals surface area contributed by atoms with Crippen LogP contribution in [-0.2, 0) is 20.7 Å².